The van der Waals surface area contributed by atoms with Gasteiger partial charge in [-0.2, -0.15) is 0 Å². The van der Waals surface area contributed by atoms with Crippen LogP contribution in [0.2, 0.25) is 0 Å². The summed E-state index contributed by atoms with van der Waals surface area (Å²) in [6, 6.07) is 0.352. The molecule has 1 saturated heterocycles. The summed E-state index contributed by atoms with van der Waals surface area (Å²) >= 11 is 6.04. The Balaban J connectivity index is 1.73. The minimum atomic E-state index is 0.169. The number of halogens is 1. The van der Waals surface area contributed by atoms with E-state index in [2.05, 4.69) is 5.32 Å². The third-order valence-electron chi connectivity index (χ3n) is 3.60. The van der Waals surface area contributed by atoms with Crippen molar-refractivity contribution >= 4 is 17.5 Å². The van der Waals surface area contributed by atoms with Crippen molar-refractivity contribution in [2.75, 3.05) is 13.2 Å². The molecule has 1 aliphatic carbocycles. The van der Waals surface area contributed by atoms with Crippen molar-refractivity contribution < 1.29 is 9.53 Å². The van der Waals surface area contributed by atoms with Gasteiger partial charge < -0.3 is 10.1 Å². The molecule has 16 heavy (non-hydrogen) atoms. The highest BCUT2D eigenvalue weighted by molar-refractivity contribution is 6.20. The van der Waals surface area contributed by atoms with E-state index in [0.717, 1.165) is 51.7 Å². The standard InChI is InChI=1S/C12H20ClNO2/c13-10-1-3-11(4-2-10)14-12(15)9-5-7-16-8-6-9/h9-11H,1-8H2,(H,14,15). The number of hydrogen-bond acceptors (Lipinski definition) is 2. The molecule has 1 amide bonds. The molecule has 0 aromatic carbocycles. The predicted molar refractivity (Wildman–Crippen MR) is 63.6 cm³/mol. The third kappa shape index (κ3) is 3.36. The summed E-state index contributed by atoms with van der Waals surface area (Å²) in [4.78, 5) is 11.9. The second kappa shape index (κ2) is 5.87. The molecule has 1 saturated carbocycles. The lowest BCUT2D eigenvalue weighted by molar-refractivity contribution is -0.128. The van der Waals surface area contributed by atoms with Crippen LogP contribution in [-0.4, -0.2) is 30.5 Å². The fourth-order valence-electron chi connectivity index (χ4n) is 2.48. The van der Waals surface area contributed by atoms with Gasteiger partial charge in [0, 0.05) is 30.6 Å². The van der Waals surface area contributed by atoms with Crippen LogP contribution in [-0.2, 0) is 9.53 Å². The molecule has 1 aliphatic heterocycles. The molecular weight excluding hydrogens is 226 g/mol. The van der Waals surface area contributed by atoms with Gasteiger partial charge in [0.25, 0.3) is 0 Å². The van der Waals surface area contributed by atoms with Crippen LogP contribution in [0.3, 0.4) is 0 Å². The summed E-state index contributed by atoms with van der Waals surface area (Å²) in [5, 5.41) is 3.47. The Morgan fingerprint density at radius 3 is 2.31 bits per heavy atom. The topological polar surface area (TPSA) is 38.3 Å². The zero-order valence-corrected chi connectivity index (χ0v) is 10.3. The van der Waals surface area contributed by atoms with Gasteiger partial charge in [-0.3, -0.25) is 4.79 Å². The fraction of sp³-hybridized carbons (Fsp3) is 0.917. The first-order valence-electron chi connectivity index (χ1n) is 6.28. The molecule has 2 rings (SSSR count). The van der Waals surface area contributed by atoms with E-state index < -0.39 is 0 Å². The van der Waals surface area contributed by atoms with Crippen LogP contribution in [0.25, 0.3) is 0 Å². The Labute approximate surface area is 102 Å². The lowest BCUT2D eigenvalue weighted by atomic mass is 9.93. The van der Waals surface area contributed by atoms with Gasteiger partial charge in [0.05, 0.1) is 0 Å². The van der Waals surface area contributed by atoms with Crippen LogP contribution in [0.1, 0.15) is 38.5 Å². The Kier molecular flexibility index (Phi) is 4.47. The van der Waals surface area contributed by atoms with Crippen molar-refractivity contribution in [1.82, 2.24) is 5.32 Å². The van der Waals surface area contributed by atoms with Crippen molar-refractivity contribution in [1.29, 1.82) is 0 Å². The van der Waals surface area contributed by atoms with E-state index >= 15 is 0 Å². The minimum absolute atomic E-state index is 0.169. The number of nitrogens with one attached hydrogen (secondary N) is 1. The third-order valence-corrected chi connectivity index (χ3v) is 4.03. The molecule has 2 aliphatic rings. The number of hydrogen-bond donors (Lipinski definition) is 1. The average Bonchev–Trinajstić information content (AvgIpc) is 2.33. The van der Waals surface area contributed by atoms with Gasteiger partial charge in [-0.1, -0.05) is 0 Å². The van der Waals surface area contributed by atoms with Gasteiger partial charge in [0.2, 0.25) is 5.91 Å². The Morgan fingerprint density at radius 2 is 1.69 bits per heavy atom. The quantitative estimate of drug-likeness (QED) is 0.757. The minimum Gasteiger partial charge on any atom is -0.381 e. The summed E-state index contributed by atoms with van der Waals surface area (Å²) in [5.41, 5.74) is 0. The van der Waals surface area contributed by atoms with Crippen LogP contribution < -0.4 is 5.32 Å². The largest absolute Gasteiger partial charge is 0.381 e. The van der Waals surface area contributed by atoms with Gasteiger partial charge >= 0.3 is 0 Å². The molecule has 0 radical (unpaired) electrons. The van der Waals surface area contributed by atoms with Gasteiger partial charge in [0.15, 0.2) is 0 Å². The van der Waals surface area contributed by atoms with E-state index in [1.54, 1.807) is 0 Å². The predicted octanol–water partition coefficient (Wildman–Crippen LogP) is 2.08. The summed E-state index contributed by atoms with van der Waals surface area (Å²) in [6.07, 6.45) is 5.86. The highest BCUT2D eigenvalue weighted by Crippen LogP contribution is 2.23. The summed E-state index contributed by atoms with van der Waals surface area (Å²) < 4.78 is 5.26. The van der Waals surface area contributed by atoms with E-state index in [-0.39, 0.29) is 11.8 Å². The average molecular weight is 246 g/mol. The van der Waals surface area contributed by atoms with Crippen LogP contribution >= 0.6 is 11.6 Å². The molecule has 0 unspecified atom stereocenters. The maximum Gasteiger partial charge on any atom is 0.223 e. The highest BCUT2D eigenvalue weighted by atomic mass is 35.5. The van der Waals surface area contributed by atoms with Crippen LogP contribution in [0.5, 0.6) is 0 Å². The van der Waals surface area contributed by atoms with Gasteiger partial charge in [0.1, 0.15) is 0 Å². The smallest absolute Gasteiger partial charge is 0.223 e. The monoisotopic (exact) mass is 245 g/mol. The van der Waals surface area contributed by atoms with Crippen molar-refractivity contribution in [3.63, 3.8) is 0 Å². The van der Waals surface area contributed by atoms with Crippen molar-refractivity contribution in [2.24, 2.45) is 5.92 Å². The van der Waals surface area contributed by atoms with E-state index in [4.69, 9.17) is 16.3 Å². The maximum atomic E-state index is 11.9. The lowest BCUT2D eigenvalue weighted by Gasteiger charge is -2.28. The van der Waals surface area contributed by atoms with E-state index in [1.165, 1.54) is 0 Å². The Bertz CT molecular complexity index is 233. The van der Waals surface area contributed by atoms with Crippen LogP contribution in [0, 0.1) is 5.92 Å². The normalized spacial score (nSPS) is 32.3. The van der Waals surface area contributed by atoms with Crippen molar-refractivity contribution in [3.05, 3.63) is 0 Å². The SMILES string of the molecule is O=C(NC1CCC(Cl)CC1)C1CCOCC1. The summed E-state index contributed by atoms with van der Waals surface area (Å²) in [7, 11) is 0. The maximum absolute atomic E-state index is 11.9. The van der Waals surface area contributed by atoms with E-state index in [9.17, 15) is 4.79 Å². The molecule has 0 atom stereocenters. The second-order valence-corrected chi connectivity index (χ2v) is 5.46. The van der Waals surface area contributed by atoms with E-state index in [0.29, 0.717) is 11.4 Å². The first kappa shape index (κ1) is 12.2. The number of ether oxygens (including phenoxy) is 1. The molecule has 0 aromatic heterocycles. The first-order chi connectivity index (χ1) is 7.75. The first-order valence-corrected chi connectivity index (χ1v) is 6.71. The Morgan fingerprint density at radius 1 is 1.06 bits per heavy atom. The number of amides is 1. The van der Waals surface area contributed by atoms with Crippen LogP contribution in [0.4, 0.5) is 0 Å². The molecule has 1 N–H and O–H groups in total. The molecule has 3 nitrogen and oxygen atoms in total. The number of rotatable bonds is 2. The Hall–Kier alpha value is -0.280. The number of carbonyl (C=O) groups excluding carboxylic acids is 1. The highest BCUT2D eigenvalue weighted by Gasteiger charge is 2.26. The molecule has 2 fully saturated rings. The van der Waals surface area contributed by atoms with Gasteiger partial charge in [-0.05, 0) is 38.5 Å². The molecule has 92 valence electrons. The van der Waals surface area contributed by atoms with Crippen molar-refractivity contribution in [2.45, 2.75) is 49.9 Å². The number of alkyl halides is 1. The molecule has 4 heteroatoms. The molecule has 0 bridgehead atoms. The number of carbonyl (C=O) groups is 1. The fourth-order valence-corrected chi connectivity index (χ4v) is 2.73. The summed E-state index contributed by atoms with van der Waals surface area (Å²) in [5.74, 6) is 0.392. The zero-order chi connectivity index (χ0) is 11.4. The molecule has 0 spiro atoms. The molecular formula is C12H20ClNO2. The lowest BCUT2D eigenvalue weighted by Crippen LogP contribution is -2.42. The summed E-state index contributed by atoms with van der Waals surface area (Å²) in [6.45, 7) is 1.46. The van der Waals surface area contributed by atoms with Gasteiger partial charge in [-0.15, -0.1) is 11.6 Å². The second-order valence-electron chi connectivity index (χ2n) is 4.84. The van der Waals surface area contributed by atoms with Crippen molar-refractivity contribution in [3.8, 4) is 0 Å². The zero-order valence-electron chi connectivity index (χ0n) is 9.58. The van der Waals surface area contributed by atoms with Crippen LogP contribution in [0.15, 0.2) is 0 Å². The van der Waals surface area contributed by atoms with E-state index in [1.807, 2.05) is 0 Å². The molecule has 0 aromatic rings. The van der Waals surface area contributed by atoms with Gasteiger partial charge in [-0.25, -0.2) is 0 Å². The molecule has 1 heterocycles.